The third-order valence-corrected chi connectivity index (χ3v) is 5.21. The number of aromatic nitrogens is 2. The second kappa shape index (κ2) is 7.05. The fourth-order valence-corrected chi connectivity index (χ4v) is 3.03. The summed E-state index contributed by atoms with van der Waals surface area (Å²) in [6, 6.07) is 2.25. The lowest BCUT2D eigenvalue weighted by molar-refractivity contribution is 0.498. The zero-order valence-corrected chi connectivity index (χ0v) is 13.1. The Morgan fingerprint density at radius 3 is 2.58 bits per heavy atom. The first-order valence-electron chi connectivity index (χ1n) is 6.84. The van der Waals surface area contributed by atoms with Crippen molar-refractivity contribution < 1.29 is 8.42 Å². The average Bonchev–Trinajstić information content (AvgIpc) is 2.76. The highest BCUT2D eigenvalue weighted by Crippen LogP contribution is 2.19. The summed E-state index contributed by atoms with van der Waals surface area (Å²) < 4.78 is 24.9. The van der Waals surface area contributed by atoms with E-state index in [1.165, 1.54) is 0 Å². The van der Waals surface area contributed by atoms with Crippen LogP contribution >= 0.6 is 0 Å². The van der Waals surface area contributed by atoms with Crippen molar-refractivity contribution in [2.24, 2.45) is 7.05 Å². The van der Waals surface area contributed by atoms with Crippen LogP contribution in [0.3, 0.4) is 0 Å². The molecule has 1 N–H and O–H groups in total. The molecule has 1 aromatic rings. The van der Waals surface area contributed by atoms with E-state index in [-0.39, 0.29) is 17.5 Å². The van der Waals surface area contributed by atoms with E-state index >= 15 is 0 Å². The highest BCUT2D eigenvalue weighted by molar-refractivity contribution is 7.91. The fraction of sp³-hybridized carbons (Fsp3) is 0.769. The predicted octanol–water partition coefficient (Wildman–Crippen LogP) is 1.46. The summed E-state index contributed by atoms with van der Waals surface area (Å²) in [5.74, 6) is 0.489. The number of aryl methyl sites for hydroxylation is 2. The molecule has 1 rings (SSSR count). The van der Waals surface area contributed by atoms with Crippen molar-refractivity contribution in [2.75, 3.05) is 18.6 Å². The summed E-state index contributed by atoms with van der Waals surface area (Å²) in [4.78, 5) is 0. The van der Waals surface area contributed by atoms with Crippen molar-refractivity contribution in [2.45, 2.75) is 39.2 Å². The third-order valence-electron chi connectivity index (χ3n) is 3.42. The van der Waals surface area contributed by atoms with E-state index in [9.17, 15) is 8.42 Å². The molecule has 0 saturated heterocycles. The van der Waals surface area contributed by atoms with Crippen LogP contribution in [0.2, 0.25) is 0 Å². The second-order valence-electron chi connectivity index (χ2n) is 4.76. The first-order chi connectivity index (χ1) is 8.93. The van der Waals surface area contributed by atoms with Crippen molar-refractivity contribution >= 4 is 9.84 Å². The number of nitrogens with zero attached hydrogens (tertiary/aromatic N) is 2. The monoisotopic (exact) mass is 287 g/mol. The summed E-state index contributed by atoms with van der Waals surface area (Å²) in [5.41, 5.74) is 2.19. The minimum absolute atomic E-state index is 0.157. The predicted molar refractivity (Wildman–Crippen MR) is 77.9 cm³/mol. The zero-order chi connectivity index (χ0) is 14.5. The Morgan fingerprint density at radius 1 is 1.42 bits per heavy atom. The Morgan fingerprint density at radius 2 is 2.11 bits per heavy atom. The molecule has 0 bridgehead atoms. The summed E-state index contributed by atoms with van der Waals surface area (Å²) in [5, 5.41) is 7.67. The molecule has 0 aliphatic heterocycles. The topological polar surface area (TPSA) is 64.0 Å². The van der Waals surface area contributed by atoms with E-state index in [0.717, 1.165) is 24.2 Å². The van der Waals surface area contributed by atoms with E-state index in [1.807, 2.05) is 18.8 Å². The molecule has 0 aromatic carbocycles. The Hall–Kier alpha value is -0.880. The zero-order valence-electron chi connectivity index (χ0n) is 12.3. The molecule has 1 heterocycles. The molecule has 1 aromatic heterocycles. The molecule has 6 heteroatoms. The molecule has 0 spiro atoms. The molecule has 0 fully saturated rings. The van der Waals surface area contributed by atoms with Gasteiger partial charge in [-0.3, -0.25) is 4.68 Å². The molecule has 0 amide bonds. The van der Waals surface area contributed by atoms with Crippen LogP contribution in [-0.2, 0) is 23.3 Å². The van der Waals surface area contributed by atoms with Crippen molar-refractivity contribution in [3.05, 3.63) is 17.5 Å². The van der Waals surface area contributed by atoms with Crippen LogP contribution < -0.4 is 5.32 Å². The van der Waals surface area contributed by atoms with Gasteiger partial charge in [-0.25, -0.2) is 8.42 Å². The van der Waals surface area contributed by atoms with Gasteiger partial charge in [0.15, 0.2) is 0 Å². The van der Waals surface area contributed by atoms with Gasteiger partial charge in [0, 0.05) is 18.8 Å². The summed E-state index contributed by atoms with van der Waals surface area (Å²) >= 11 is 0. The molecule has 1 atom stereocenters. The highest BCUT2D eigenvalue weighted by Gasteiger charge is 2.16. The first kappa shape index (κ1) is 16.2. The van der Waals surface area contributed by atoms with E-state index in [0.29, 0.717) is 6.42 Å². The van der Waals surface area contributed by atoms with Crippen molar-refractivity contribution in [1.82, 2.24) is 15.1 Å². The quantitative estimate of drug-likeness (QED) is 0.786. The molecule has 1 unspecified atom stereocenters. The summed E-state index contributed by atoms with van der Waals surface area (Å²) in [7, 11) is 0.967. The SMILES string of the molecule is CCc1cc(C(CCCS(=O)(=O)CC)NC)n(C)n1. The van der Waals surface area contributed by atoms with Gasteiger partial charge in [-0.1, -0.05) is 13.8 Å². The van der Waals surface area contributed by atoms with Crippen LogP contribution in [0.5, 0.6) is 0 Å². The van der Waals surface area contributed by atoms with E-state index in [4.69, 9.17) is 0 Å². The van der Waals surface area contributed by atoms with Gasteiger partial charge in [-0.2, -0.15) is 5.10 Å². The Kier molecular flexibility index (Phi) is 6.00. The Bertz CT molecular complexity index is 494. The fourth-order valence-electron chi connectivity index (χ4n) is 2.13. The molecule has 0 aliphatic rings. The largest absolute Gasteiger partial charge is 0.312 e. The lowest BCUT2D eigenvalue weighted by Gasteiger charge is -2.16. The summed E-state index contributed by atoms with van der Waals surface area (Å²) in [6.07, 6.45) is 2.39. The third kappa shape index (κ3) is 4.62. The second-order valence-corrected chi connectivity index (χ2v) is 7.23. The number of sulfone groups is 1. The van der Waals surface area contributed by atoms with Crippen LogP contribution in [0.25, 0.3) is 0 Å². The smallest absolute Gasteiger partial charge is 0.150 e. The van der Waals surface area contributed by atoms with Crippen LogP contribution in [0.4, 0.5) is 0 Å². The maximum Gasteiger partial charge on any atom is 0.150 e. The van der Waals surface area contributed by atoms with Crippen molar-refractivity contribution in [3.8, 4) is 0 Å². The molecular weight excluding hydrogens is 262 g/mol. The molecule has 0 saturated carbocycles. The maximum absolute atomic E-state index is 11.5. The molecular formula is C13H25N3O2S. The summed E-state index contributed by atoms with van der Waals surface area (Å²) in [6.45, 7) is 3.77. The van der Waals surface area contributed by atoms with Gasteiger partial charge in [0.2, 0.25) is 0 Å². The van der Waals surface area contributed by atoms with Gasteiger partial charge in [0.05, 0.1) is 17.1 Å². The Balaban J connectivity index is 2.65. The minimum Gasteiger partial charge on any atom is -0.312 e. The van der Waals surface area contributed by atoms with Gasteiger partial charge < -0.3 is 5.32 Å². The Labute approximate surface area is 116 Å². The molecule has 0 aliphatic carbocycles. The van der Waals surface area contributed by atoms with E-state index < -0.39 is 9.84 Å². The molecule has 110 valence electrons. The van der Waals surface area contributed by atoms with Gasteiger partial charge in [-0.15, -0.1) is 0 Å². The van der Waals surface area contributed by atoms with Gasteiger partial charge >= 0.3 is 0 Å². The molecule has 19 heavy (non-hydrogen) atoms. The highest BCUT2D eigenvalue weighted by atomic mass is 32.2. The standard InChI is InChI=1S/C13H25N3O2S/c1-5-11-10-13(16(4)15-11)12(14-3)8-7-9-19(17,18)6-2/h10,12,14H,5-9H2,1-4H3. The van der Waals surface area contributed by atoms with Gasteiger partial charge in [0.25, 0.3) is 0 Å². The van der Waals surface area contributed by atoms with Crippen molar-refractivity contribution in [1.29, 1.82) is 0 Å². The van der Waals surface area contributed by atoms with Gasteiger partial charge in [0.1, 0.15) is 9.84 Å². The van der Waals surface area contributed by atoms with Crippen LogP contribution in [0, 0.1) is 0 Å². The van der Waals surface area contributed by atoms with Crippen LogP contribution in [0.1, 0.15) is 44.1 Å². The van der Waals surface area contributed by atoms with Crippen molar-refractivity contribution in [3.63, 3.8) is 0 Å². The van der Waals surface area contributed by atoms with Crippen LogP contribution in [-0.4, -0.2) is 36.8 Å². The molecule has 0 radical (unpaired) electrons. The van der Waals surface area contributed by atoms with Gasteiger partial charge in [-0.05, 0) is 32.4 Å². The normalized spacial score (nSPS) is 13.7. The minimum atomic E-state index is -2.87. The number of nitrogens with one attached hydrogen (secondary N) is 1. The molecule has 5 nitrogen and oxygen atoms in total. The first-order valence-corrected chi connectivity index (χ1v) is 8.66. The van der Waals surface area contributed by atoms with E-state index in [1.54, 1.807) is 6.92 Å². The lowest BCUT2D eigenvalue weighted by atomic mass is 10.1. The maximum atomic E-state index is 11.5. The number of rotatable bonds is 8. The lowest BCUT2D eigenvalue weighted by Crippen LogP contribution is -2.20. The number of hydrogen-bond acceptors (Lipinski definition) is 4. The van der Waals surface area contributed by atoms with Crippen LogP contribution in [0.15, 0.2) is 6.07 Å². The van der Waals surface area contributed by atoms with E-state index in [2.05, 4.69) is 23.4 Å². The number of hydrogen-bond donors (Lipinski definition) is 1. The average molecular weight is 287 g/mol.